The van der Waals surface area contributed by atoms with Gasteiger partial charge in [-0.1, -0.05) is 17.8 Å². The van der Waals surface area contributed by atoms with Gasteiger partial charge in [0, 0.05) is 0 Å². The quantitative estimate of drug-likeness (QED) is 0.388. The molecular formula is C15H11F3N8S2. The van der Waals surface area contributed by atoms with E-state index in [1.54, 1.807) is 0 Å². The number of alkyl halides is 3. The predicted octanol–water partition coefficient (Wildman–Crippen LogP) is 3.01. The Balaban J connectivity index is 1.51. The molecule has 1 aromatic carbocycles. The molecule has 0 atom stereocenters. The first-order valence-corrected chi connectivity index (χ1v) is 9.62. The zero-order valence-electron chi connectivity index (χ0n) is 13.9. The van der Waals surface area contributed by atoms with E-state index in [0.717, 1.165) is 17.0 Å². The fourth-order valence-electron chi connectivity index (χ4n) is 2.37. The van der Waals surface area contributed by atoms with Crippen molar-refractivity contribution >= 4 is 23.1 Å². The van der Waals surface area contributed by atoms with E-state index >= 15 is 0 Å². The molecule has 8 nitrogen and oxygen atoms in total. The zero-order chi connectivity index (χ0) is 19.7. The van der Waals surface area contributed by atoms with E-state index in [1.807, 2.05) is 17.5 Å². The van der Waals surface area contributed by atoms with Gasteiger partial charge in [-0.05, 0) is 46.1 Å². The summed E-state index contributed by atoms with van der Waals surface area (Å²) in [5, 5.41) is 21.9. The minimum Gasteiger partial charge on any atom is -0.335 e. The molecule has 13 heteroatoms. The van der Waals surface area contributed by atoms with Crippen LogP contribution >= 0.6 is 23.1 Å². The van der Waals surface area contributed by atoms with Crippen molar-refractivity contribution in [3.05, 3.63) is 53.2 Å². The van der Waals surface area contributed by atoms with Crippen molar-refractivity contribution in [2.24, 2.45) is 0 Å². The number of halogens is 3. The standard InChI is InChI=1S/C15H11F3N8S2/c16-15(17,18)9-3-5-10(6-4-9)26-12(20-23-24-26)8-28-14-22-21-13(25(14)19)11-2-1-7-27-11/h1-7H,8,19H2. The third kappa shape index (κ3) is 3.57. The van der Waals surface area contributed by atoms with Crippen molar-refractivity contribution in [3.63, 3.8) is 0 Å². The van der Waals surface area contributed by atoms with Crippen LogP contribution in [-0.4, -0.2) is 35.1 Å². The van der Waals surface area contributed by atoms with Crippen molar-refractivity contribution in [2.45, 2.75) is 17.1 Å². The highest BCUT2D eigenvalue weighted by atomic mass is 32.2. The van der Waals surface area contributed by atoms with Crippen LogP contribution in [0.25, 0.3) is 16.4 Å². The summed E-state index contributed by atoms with van der Waals surface area (Å²) in [7, 11) is 0. The first-order valence-electron chi connectivity index (χ1n) is 7.75. The van der Waals surface area contributed by atoms with Gasteiger partial charge in [-0.3, -0.25) is 0 Å². The largest absolute Gasteiger partial charge is 0.416 e. The molecule has 0 aliphatic rings. The first kappa shape index (κ1) is 18.4. The molecule has 144 valence electrons. The number of hydrogen-bond acceptors (Lipinski definition) is 8. The second-order valence-electron chi connectivity index (χ2n) is 5.49. The van der Waals surface area contributed by atoms with Crippen LogP contribution < -0.4 is 5.84 Å². The van der Waals surface area contributed by atoms with Crippen molar-refractivity contribution in [1.82, 2.24) is 35.1 Å². The molecular weight excluding hydrogens is 413 g/mol. The third-order valence-corrected chi connectivity index (χ3v) is 5.51. The lowest BCUT2D eigenvalue weighted by molar-refractivity contribution is -0.137. The molecule has 0 unspecified atom stereocenters. The Morgan fingerprint density at radius 2 is 1.86 bits per heavy atom. The molecule has 0 saturated heterocycles. The Hall–Kier alpha value is -2.93. The number of aromatic nitrogens is 7. The fraction of sp³-hybridized carbons (Fsp3) is 0.133. The van der Waals surface area contributed by atoms with Gasteiger partial charge in [0.15, 0.2) is 11.6 Å². The Morgan fingerprint density at radius 3 is 2.54 bits per heavy atom. The van der Waals surface area contributed by atoms with Crippen molar-refractivity contribution in [2.75, 3.05) is 5.84 Å². The minimum absolute atomic E-state index is 0.299. The second kappa shape index (κ2) is 7.24. The maximum atomic E-state index is 12.7. The number of nitrogen functional groups attached to an aromatic ring is 1. The summed E-state index contributed by atoms with van der Waals surface area (Å²) in [6, 6.07) is 8.37. The van der Waals surface area contributed by atoms with E-state index in [1.165, 1.54) is 44.6 Å². The topological polar surface area (TPSA) is 100 Å². The van der Waals surface area contributed by atoms with Crippen molar-refractivity contribution in [3.8, 4) is 16.4 Å². The maximum Gasteiger partial charge on any atom is 0.416 e. The summed E-state index contributed by atoms with van der Waals surface area (Å²) >= 11 is 2.76. The summed E-state index contributed by atoms with van der Waals surface area (Å²) in [5.41, 5.74) is -0.320. The van der Waals surface area contributed by atoms with Gasteiger partial charge in [0.1, 0.15) is 0 Å². The lowest BCUT2D eigenvalue weighted by atomic mass is 10.2. The lowest BCUT2D eigenvalue weighted by Crippen LogP contribution is -2.11. The van der Waals surface area contributed by atoms with E-state index in [4.69, 9.17) is 5.84 Å². The highest BCUT2D eigenvalue weighted by Crippen LogP contribution is 2.30. The summed E-state index contributed by atoms with van der Waals surface area (Å²) in [5.74, 6) is 7.33. The monoisotopic (exact) mass is 424 g/mol. The highest BCUT2D eigenvalue weighted by Gasteiger charge is 2.30. The van der Waals surface area contributed by atoms with Crippen molar-refractivity contribution in [1.29, 1.82) is 0 Å². The molecule has 4 rings (SSSR count). The van der Waals surface area contributed by atoms with E-state index < -0.39 is 11.7 Å². The van der Waals surface area contributed by atoms with Gasteiger partial charge < -0.3 is 5.84 Å². The number of hydrogen-bond donors (Lipinski definition) is 1. The molecule has 0 saturated carbocycles. The normalized spacial score (nSPS) is 11.8. The summed E-state index contributed by atoms with van der Waals surface area (Å²) < 4.78 is 40.9. The smallest absolute Gasteiger partial charge is 0.335 e. The predicted molar refractivity (Wildman–Crippen MR) is 97.2 cm³/mol. The van der Waals surface area contributed by atoms with E-state index in [9.17, 15) is 13.2 Å². The Bertz CT molecular complexity index is 1070. The number of thioether (sulfide) groups is 1. The van der Waals surface area contributed by atoms with Crippen LogP contribution in [0.15, 0.2) is 46.9 Å². The van der Waals surface area contributed by atoms with Crippen LogP contribution in [0, 0.1) is 0 Å². The average molecular weight is 424 g/mol. The summed E-state index contributed by atoms with van der Waals surface area (Å²) in [6.07, 6.45) is -4.40. The van der Waals surface area contributed by atoms with Gasteiger partial charge in [-0.15, -0.1) is 26.6 Å². The number of rotatable bonds is 5. The highest BCUT2D eigenvalue weighted by molar-refractivity contribution is 7.98. The number of tetrazole rings is 1. The first-order chi connectivity index (χ1) is 13.4. The Kier molecular flexibility index (Phi) is 4.77. The van der Waals surface area contributed by atoms with E-state index in [-0.39, 0.29) is 0 Å². The fourth-order valence-corrected chi connectivity index (χ4v) is 3.83. The van der Waals surface area contributed by atoms with E-state index in [0.29, 0.717) is 28.2 Å². The maximum absolute atomic E-state index is 12.7. The van der Waals surface area contributed by atoms with Gasteiger partial charge in [0.2, 0.25) is 5.16 Å². The van der Waals surface area contributed by atoms with Gasteiger partial charge in [0.25, 0.3) is 0 Å². The van der Waals surface area contributed by atoms with Gasteiger partial charge in [-0.2, -0.15) is 17.9 Å². The molecule has 0 amide bonds. The molecule has 3 heterocycles. The van der Waals surface area contributed by atoms with Crippen LogP contribution in [0.2, 0.25) is 0 Å². The van der Waals surface area contributed by atoms with Crippen molar-refractivity contribution < 1.29 is 13.2 Å². The second-order valence-corrected chi connectivity index (χ2v) is 7.38. The molecule has 0 aliphatic carbocycles. The average Bonchev–Trinajstić information content (AvgIpc) is 3.40. The minimum atomic E-state index is -4.40. The molecule has 0 fully saturated rings. The summed E-state index contributed by atoms with van der Waals surface area (Å²) in [4.78, 5) is 0.886. The van der Waals surface area contributed by atoms with Crippen LogP contribution in [0.3, 0.4) is 0 Å². The van der Waals surface area contributed by atoms with Crippen LogP contribution in [0.4, 0.5) is 13.2 Å². The summed E-state index contributed by atoms with van der Waals surface area (Å²) in [6.45, 7) is 0. The SMILES string of the molecule is Nn1c(SCc2nnnn2-c2ccc(C(F)(F)F)cc2)nnc1-c1cccs1. The van der Waals surface area contributed by atoms with Crippen LogP contribution in [-0.2, 0) is 11.9 Å². The van der Waals surface area contributed by atoms with Gasteiger partial charge in [-0.25, -0.2) is 4.68 Å². The molecule has 28 heavy (non-hydrogen) atoms. The molecule has 0 radical (unpaired) electrons. The molecule has 0 spiro atoms. The molecule has 4 aromatic rings. The van der Waals surface area contributed by atoms with Gasteiger partial charge >= 0.3 is 6.18 Å². The number of benzene rings is 1. The number of nitrogens with two attached hydrogens (primary N) is 1. The number of nitrogens with zero attached hydrogens (tertiary/aromatic N) is 7. The Labute approximate surface area is 164 Å². The molecule has 3 aromatic heterocycles. The molecule has 2 N–H and O–H groups in total. The number of thiophene rings is 1. The molecule has 0 aliphatic heterocycles. The lowest BCUT2D eigenvalue weighted by Gasteiger charge is -2.08. The van der Waals surface area contributed by atoms with Crippen LogP contribution in [0.1, 0.15) is 11.4 Å². The van der Waals surface area contributed by atoms with Gasteiger partial charge in [0.05, 0.1) is 21.9 Å². The van der Waals surface area contributed by atoms with E-state index in [2.05, 4.69) is 25.7 Å². The Morgan fingerprint density at radius 1 is 1.07 bits per heavy atom. The van der Waals surface area contributed by atoms with Crippen LogP contribution in [0.5, 0.6) is 0 Å². The third-order valence-electron chi connectivity index (χ3n) is 3.71. The molecule has 0 bridgehead atoms. The zero-order valence-corrected chi connectivity index (χ0v) is 15.5.